The van der Waals surface area contributed by atoms with Gasteiger partial charge in [0.2, 0.25) is 17.7 Å². The van der Waals surface area contributed by atoms with Crippen molar-refractivity contribution in [1.82, 2.24) is 15.5 Å². The molecule has 0 saturated carbocycles. The van der Waals surface area contributed by atoms with Crippen LogP contribution in [0.2, 0.25) is 0 Å². The quantitative estimate of drug-likeness (QED) is 0.310. The highest BCUT2D eigenvalue weighted by molar-refractivity contribution is 5.96. The summed E-state index contributed by atoms with van der Waals surface area (Å²) in [5.74, 6) is -4.88. The SMILES string of the molecule is CC(N)C(=O)NC(CC(=O)O)C(=O)N1CCCC1C(=O)NC(C(=O)O)C(C)C. The number of carboxylic acids is 2. The normalized spacial score (nSPS) is 19.6. The molecule has 28 heavy (non-hydrogen) atoms. The lowest BCUT2D eigenvalue weighted by Gasteiger charge is -2.29. The van der Waals surface area contributed by atoms with E-state index in [1.165, 1.54) is 11.8 Å². The smallest absolute Gasteiger partial charge is 0.326 e. The van der Waals surface area contributed by atoms with E-state index in [1.54, 1.807) is 13.8 Å². The third-order valence-electron chi connectivity index (χ3n) is 4.48. The molecule has 1 fully saturated rings. The minimum Gasteiger partial charge on any atom is -0.481 e. The Balaban J connectivity index is 2.96. The van der Waals surface area contributed by atoms with Crippen LogP contribution in [-0.2, 0) is 24.0 Å². The molecular weight excluding hydrogens is 372 g/mol. The van der Waals surface area contributed by atoms with Crippen LogP contribution < -0.4 is 16.4 Å². The number of nitrogens with one attached hydrogen (secondary N) is 2. The van der Waals surface area contributed by atoms with Gasteiger partial charge in [0, 0.05) is 6.54 Å². The first-order valence-electron chi connectivity index (χ1n) is 9.07. The van der Waals surface area contributed by atoms with Gasteiger partial charge in [-0.25, -0.2) is 4.79 Å². The number of aliphatic carboxylic acids is 2. The van der Waals surface area contributed by atoms with Crippen molar-refractivity contribution in [3.8, 4) is 0 Å². The summed E-state index contributed by atoms with van der Waals surface area (Å²) in [6, 6.07) is -4.36. The summed E-state index contributed by atoms with van der Waals surface area (Å²) in [4.78, 5) is 60.8. The van der Waals surface area contributed by atoms with Crippen LogP contribution in [0.25, 0.3) is 0 Å². The van der Waals surface area contributed by atoms with E-state index >= 15 is 0 Å². The fourth-order valence-corrected chi connectivity index (χ4v) is 2.94. The van der Waals surface area contributed by atoms with E-state index in [1.807, 2.05) is 0 Å². The number of nitrogens with zero attached hydrogens (tertiary/aromatic N) is 1. The average molecular weight is 400 g/mol. The molecule has 158 valence electrons. The van der Waals surface area contributed by atoms with Crippen molar-refractivity contribution >= 4 is 29.7 Å². The van der Waals surface area contributed by atoms with Crippen molar-refractivity contribution in [3.05, 3.63) is 0 Å². The number of carbonyl (C=O) groups excluding carboxylic acids is 3. The van der Waals surface area contributed by atoms with Crippen molar-refractivity contribution in [1.29, 1.82) is 0 Å². The number of carbonyl (C=O) groups is 5. The van der Waals surface area contributed by atoms with E-state index in [-0.39, 0.29) is 12.5 Å². The Morgan fingerprint density at radius 2 is 1.71 bits per heavy atom. The molecule has 1 aliphatic rings. The van der Waals surface area contributed by atoms with Crippen LogP contribution in [0.4, 0.5) is 0 Å². The number of carboxylic acid groups (broad SMARTS) is 2. The highest BCUT2D eigenvalue weighted by atomic mass is 16.4. The third-order valence-corrected chi connectivity index (χ3v) is 4.48. The summed E-state index contributed by atoms with van der Waals surface area (Å²) in [6.07, 6.45) is 0.138. The van der Waals surface area contributed by atoms with Gasteiger partial charge in [0.1, 0.15) is 18.1 Å². The van der Waals surface area contributed by atoms with Crippen molar-refractivity contribution in [2.24, 2.45) is 11.7 Å². The standard InChI is InChI=1S/C17H28N4O7/c1-8(2)13(17(27)28)20-15(25)11-5-4-6-21(11)16(26)10(7-12(22)23)19-14(24)9(3)18/h8-11,13H,4-7,18H2,1-3H3,(H,19,24)(H,20,25)(H,22,23)(H,27,28). The molecule has 0 aromatic carbocycles. The zero-order chi connectivity index (χ0) is 21.6. The predicted molar refractivity (Wildman–Crippen MR) is 97.0 cm³/mol. The van der Waals surface area contributed by atoms with E-state index in [4.69, 9.17) is 10.8 Å². The van der Waals surface area contributed by atoms with Crippen LogP contribution in [0.5, 0.6) is 0 Å². The van der Waals surface area contributed by atoms with Gasteiger partial charge < -0.3 is 31.5 Å². The molecule has 6 N–H and O–H groups in total. The second kappa shape index (κ2) is 10.0. The fraction of sp³-hybridized carbons (Fsp3) is 0.706. The van der Waals surface area contributed by atoms with Crippen molar-refractivity contribution < 1.29 is 34.2 Å². The van der Waals surface area contributed by atoms with E-state index in [0.717, 1.165) is 0 Å². The van der Waals surface area contributed by atoms with Crippen LogP contribution in [0.3, 0.4) is 0 Å². The van der Waals surface area contributed by atoms with Crippen LogP contribution in [0.1, 0.15) is 40.0 Å². The lowest BCUT2D eigenvalue weighted by atomic mass is 10.0. The summed E-state index contributed by atoms with van der Waals surface area (Å²) in [7, 11) is 0. The molecule has 11 nitrogen and oxygen atoms in total. The first-order valence-corrected chi connectivity index (χ1v) is 9.07. The van der Waals surface area contributed by atoms with Crippen LogP contribution in [-0.4, -0.2) is 75.5 Å². The Labute approximate surface area is 162 Å². The van der Waals surface area contributed by atoms with E-state index in [0.29, 0.717) is 12.8 Å². The van der Waals surface area contributed by atoms with Crippen LogP contribution >= 0.6 is 0 Å². The van der Waals surface area contributed by atoms with E-state index in [9.17, 15) is 29.1 Å². The molecule has 0 bridgehead atoms. The molecule has 4 unspecified atom stereocenters. The number of amides is 3. The first kappa shape index (κ1) is 23.3. The third kappa shape index (κ3) is 6.19. The van der Waals surface area contributed by atoms with Gasteiger partial charge in [-0.15, -0.1) is 0 Å². The lowest BCUT2D eigenvalue weighted by Crippen LogP contribution is -2.57. The Kier molecular flexibility index (Phi) is 8.35. The maximum Gasteiger partial charge on any atom is 0.326 e. The number of hydrogen-bond donors (Lipinski definition) is 5. The van der Waals surface area contributed by atoms with Gasteiger partial charge in [-0.2, -0.15) is 0 Å². The second-order valence-electron chi connectivity index (χ2n) is 7.21. The molecule has 0 aromatic rings. The first-order chi connectivity index (χ1) is 13.0. The van der Waals surface area contributed by atoms with Crippen LogP contribution in [0, 0.1) is 5.92 Å². The fourth-order valence-electron chi connectivity index (χ4n) is 2.94. The molecule has 1 saturated heterocycles. The molecule has 3 amide bonds. The topological polar surface area (TPSA) is 179 Å². The number of hydrogen-bond acceptors (Lipinski definition) is 6. The minimum absolute atomic E-state index is 0.195. The number of rotatable bonds is 9. The van der Waals surface area contributed by atoms with Gasteiger partial charge >= 0.3 is 11.9 Å². The molecule has 1 aliphatic heterocycles. The Bertz CT molecular complexity index is 635. The molecule has 1 rings (SSSR count). The molecular formula is C17H28N4O7. The van der Waals surface area contributed by atoms with Gasteiger partial charge in [0.15, 0.2) is 0 Å². The van der Waals surface area contributed by atoms with Gasteiger partial charge in [-0.3, -0.25) is 19.2 Å². The maximum absolute atomic E-state index is 12.8. The Morgan fingerprint density at radius 3 is 2.18 bits per heavy atom. The van der Waals surface area contributed by atoms with Crippen molar-refractivity contribution in [2.45, 2.75) is 64.2 Å². The van der Waals surface area contributed by atoms with Crippen molar-refractivity contribution in [3.63, 3.8) is 0 Å². The van der Waals surface area contributed by atoms with Gasteiger partial charge in [-0.05, 0) is 25.7 Å². The molecule has 0 aromatic heterocycles. The zero-order valence-electron chi connectivity index (χ0n) is 16.2. The van der Waals surface area contributed by atoms with Gasteiger partial charge in [0.05, 0.1) is 12.5 Å². The number of nitrogens with two attached hydrogens (primary N) is 1. The predicted octanol–water partition coefficient (Wildman–Crippen LogP) is -1.49. The Hall–Kier alpha value is -2.69. The molecule has 1 heterocycles. The summed E-state index contributed by atoms with van der Waals surface area (Å²) in [5.41, 5.74) is 5.45. The summed E-state index contributed by atoms with van der Waals surface area (Å²) >= 11 is 0. The molecule has 11 heteroatoms. The Morgan fingerprint density at radius 1 is 1.11 bits per heavy atom. The average Bonchev–Trinajstić information content (AvgIpc) is 3.06. The van der Waals surface area contributed by atoms with E-state index < -0.39 is 60.2 Å². The summed E-state index contributed by atoms with van der Waals surface area (Å²) in [5, 5.41) is 23.0. The largest absolute Gasteiger partial charge is 0.481 e. The summed E-state index contributed by atoms with van der Waals surface area (Å²) in [6.45, 7) is 4.87. The molecule has 0 aliphatic carbocycles. The molecule has 0 spiro atoms. The van der Waals surface area contributed by atoms with Gasteiger partial charge in [0.25, 0.3) is 0 Å². The highest BCUT2D eigenvalue weighted by Gasteiger charge is 2.39. The lowest BCUT2D eigenvalue weighted by molar-refractivity contribution is -0.147. The highest BCUT2D eigenvalue weighted by Crippen LogP contribution is 2.20. The molecule has 4 atom stereocenters. The molecule has 0 radical (unpaired) electrons. The van der Waals surface area contributed by atoms with E-state index in [2.05, 4.69) is 10.6 Å². The maximum atomic E-state index is 12.8. The van der Waals surface area contributed by atoms with Crippen LogP contribution in [0.15, 0.2) is 0 Å². The second-order valence-corrected chi connectivity index (χ2v) is 7.21. The van der Waals surface area contributed by atoms with Crippen molar-refractivity contribution in [2.75, 3.05) is 6.54 Å². The van der Waals surface area contributed by atoms with Gasteiger partial charge in [-0.1, -0.05) is 13.8 Å². The number of likely N-dealkylation sites (tertiary alicyclic amines) is 1. The monoisotopic (exact) mass is 400 g/mol. The minimum atomic E-state index is -1.37. The zero-order valence-corrected chi connectivity index (χ0v) is 16.2. The summed E-state index contributed by atoms with van der Waals surface area (Å²) < 4.78 is 0.